The van der Waals surface area contributed by atoms with Crippen molar-refractivity contribution in [1.29, 1.82) is 0 Å². The highest BCUT2D eigenvalue weighted by Crippen LogP contribution is 2.14. The average Bonchev–Trinajstić information content (AvgIpc) is 2.79. The second kappa shape index (κ2) is 9.27. The lowest BCUT2D eigenvalue weighted by molar-refractivity contribution is -0.128. The van der Waals surface area contributed by atoms with Gasteiger partial charge in [0.05, 0.1) is 12.6 Å². The van der Waals surface area contributed by atoms with Crippen LogP contribution in [0.2, 0.25) is 0 Å². The number of rotatable bonds is 7. The molecule has 1 aliphatic heterocycles. The number of nitrogens with one attached hydrogen (secondary N) is 2. The van der Waals surface area contributed by atoms with Gasteiger partial charge in [-0.2, -0.15) is 0 Å². The lowest BCUT2D eigenvalue weighted by Gasteiger charge is -2.27. The Morgan fingerprint density at radius 1 is 1.38 bits per heavy atom. The van der Waals surface area contributed by atoms with Crippen LogP contribution in [0.1, 0.15) is 32.6 Å². The van der Waals surface area contributed by atoms with Crippen molar-refractivity contribution in [2.75, 3.05) is 24.5 Å². The van der Waals surface area contributed by atoms with Crippen LogP contribution in [-0.2, 0) is 9.59 Å². The maximum absolute atomic E-state index is 12.4. The molecular formula is C18H27N3O3. The SMILES string of the molecule is CC[C@H](O)CN(CC(=O)N[C@H]1CCCCNC1=O)c1ccccc1. The van der Waals surface area contributed by atoms with Crippen molar-refractivity contribution in [2.45, 2.75) is 44.8 Å². The van der Waals surface area contributed by atoms with Crippen LogP contribution in [0.15, 0.2) is 30.3 Å². The molecule has 1 heterocycles. The van der Waals surface area contributed by atoms with Gasteiger partial charge in [-0.25, -0.2) is 0 Å². The zero-order chi connectivity index (χ0) is 17.4. The minimum absolute atomic E-state index is 0.110. The van der Waals surface area contributed by atoms with E-state index in [1.165, 1.54) is 0 Å². The van der Waals surface area contributed by atoms with Crippen molar-refractivity contribution in [1.82, 2.24) is 10.6 Å². The molecule has 132 valence electrons. The number of carbonyl (C=O) groups excluding carboxylic acids is 2. The van der Waals surface area contributed by atoms with Gasteiger partial charge in [-0.3, -0.25) is 9.59 Å². The van der Waals surface area contributed by atoms with E-state index >= 15 is 0 Å². The predicted molar refractivity (Wildman–Crippen MR) is 93.7 cm³/mol. The number of amides is 2. The van der Waals surface area contributed by atoms with Crippen LogP contribution in [-0.4, -0.2) is 48.7 Å². The van der Waals surface area contributed by atoms with Crippen LogP contribution in [0.5, 0.6) is 0 Å². The van der Waals surface area contributed by atoms with Crippen molar-refractivity contribution < 1.29 is 14.7 Å². The van der Waals surface area contributed by atoms with Gasteiger partial charge in [0, 0.05) is 18.8 Å². The Hall–Kier alpha value is -2.08. The summed E-state index contributed by atoms with van der Waals surface area (Å²) >= 11 is 0. The van der Waals surface area contributed by atoms with E-state index in [0.717, 1.165) is 18.5 Å². The molecule has 0 saturated carbocycles. The molecular weight excluding hydrogens is 306 g/mol. The summed E-state index contributed by atoms with van der Waals surface area (Å²) in [5.41, 5.74) is 0.880. The minimum atomic E-state index is -0.501. The lowest BCUT2D eigenvalue weighted by Crippen LogP contribution is -2.49. The van der Waals surface area contributed by atoms with Crippen LogP contribution >= 0.6 is 0 Å². The van der Waals surface area contributed by atoms with Gasteiger partial charge in [-0.15, -0.1) is 0 Å². The Labute approximate surface area is 143 Å². The van der Waals surface area contributed by atoms with Crippen molar-refractivity contribution in [3.05, 3.63) is 30.3 Å². The Morgan fingerprint density at radius 2 is 2.12 bits per heavy atom. The average molecular weight is 333 g/mol. The first-order valence-corrected chi connectivity index (χ1v) is 8.65. The van der Waals surface area contributed by atoms with Crippen LogP contribution in [0.3, 0.4) is 0 Å². The topological polar surface area (TPSA) is 81.7 Å². The number of benzene rings is 1. The third-order valence-electron chi connectivity index (χ3n) is 4.23. The molecule has 1 aromatic carbocycles. The summed E-state index contributed by atoms with van der Waals surface area (Å²) in [7, 11) is 0. The van der Waals surface area contributed by atoms with E-state index in [1.54, 1.807) is 0 Å². The third kappa shape index (κ3) is 5.53. The molecule has 0 bridgehead atoms. The number of carbonyl (C=O) groups is 2. The van der Waals surface area contributed by atoms with Crippen LogP contribution in [0, 0.1) is 0 Å². The second-order valence-corrected chi connectivity index (χ2v) is 6.19. The van der Waals surface area contributed by atoms with Crippen molar-refractivity contribution in [3.63, 3.8) is 0 Å². The molecule has 0 aromatic heterocycles. The number of aliphatic hydroxyl groups excluding tert-OH is 1. The van der Waals surface area contributed by atoms with E-state index in [-0.39, 0.29) is 18.4 Å². The van der Waals surface area contributed by atoms with E-state index in [9.17, 15) is 14.7 Å². The fourth-order valence-corrected chi connectivity index (χ4v) is 2.77. The minimum Gasteiger partial charge on any atom is -0.391 e. The standard InChI is InChI=1S/C18H27N3O3/c1-2-15(22)12-21(14-8-4-3-5-9-14)13-17(23)20-16-10-6-7-11-19-18(16)24/h3-5,8-9,15-16,22H,2,6-7,10-13H2,1H3,(H,19,24)(H,20,23)/t15-,16-/m0/s1. The Balaban J connectivity index is 1.99. The molecule has 1 aliphatic rings. The monoisotopic (exact) mass is 333 g/mol. The van der Waals surface area contributed by atoms with Gasteiger partial charge in [0.2, 0.25) is 11.8 Å². The zero-order valence-electron chi connectivity index (χ0n) is 14.2. The number of anilines is 1. The molecule has 2 amide bonds. The molecule has 1 aromatic rings. The number of hydrogen-bond donors (Lipinski definition) is 3. The lowest BCUT2D eigenvalue weighted by atomic mass is 10.1. The number of aliphatic hydroxyl groups is 1. The van der Waals surface area contributed by atoms with Gasteiger partial charge in [-0.05, 0) is 37.8 Å². The highest BCUT2D eigenvalue weighted by molar-refractivity contribution is 5.89. The fraction of sp³-hybridized carbons (Fsp3) is 0.556. The van der Waals surface area contributed by atoms with Gasteiger partial charge in [0.1, 0.15) is 6.04 Å². The number of nitrogens with zero attached hydrogens (tertiary/aromatic N) is 1. The molecule has 0 spiro atoms. The Morgan fingerprint density at radius 3 is 2.83 bits per heavy atom. The molecule has 3 N–H and O–H groups in total. The van der Waals surface area contributed by atoms with Crippen LogP contribution < -0.4 is 15.5 Å². The first kappa shape index (κ1) is 18.3. The Bertz CT molecular complexity index is 536. The van der Waals surface area contributed by atoms with Gasteiger partial charge in [0.25, 0.3) is 0 Å². The van der Waals surface area contributed by atoms with E-state index in [2.05, 4.69) is 10.6 Å². The summed E-state index contributed by atoms with van der Waals surface area (Å²) in [4.78, 5) is 26.2. The van der Waals surface area contributed by atoms with Gasteiger partial charge < -0.3 is 20.6 Å². The summed E-state index contributed by atoms with van der Waals surface area (Å²) in [6.45, 7) is 3.07. The zero-order valence-corrected chi connectivity index (χ0v) is 14.2. The Kier molecular flexibility index (Phi) is 7.06. The molecule has 2 atom stereocenters. The van der Waals surface area contributed by atoms with Crippen LogP contribution in [0.4, 0.5) is 5.69 Å². The third-order valence-corrected chi connectivity index (χ3v) is 4.23. The van der Waals surface area contributed by atoms with Crippen molar-refractivity contribution in [2.24, 2.45) is 0 Å². The van der Waals surface area contributed by atoms with Crippen LogP contribution in [0.25, 0.3) is 0 Å². The maximum atomic E-state index is 12.4. The fourth-order valence-electron chi connectivity index (χ4n) is 2.77. The van der Waals surface area contributed by atoms with Gasteiger partial charge in [0.15, 0.2) is 0 Å². The maximum Gasteiger partial charge on any atom is 0.242 e. The van der Waals surface area contributed by atoms with E-state index in [4.69, 9.17) is 0 Å². The molecule has 24 heavy (non-hydrogen) atoms. The van der Waals surface area contributed by atoms with Crippen molar-refractivity contribution >= 4 is 17.5 Å². The number of para-hydroxylation sites is 1. The normalized spacial score (nSPS) is 19.1. The number of hydrogen-bond acceptors (Lipinski definition) is 4. The summed E-state index contributed by atoms with van der Waals surface area (Å²) in [6, 6.07) is 9.07. The van der Waals surface area contributed by atoms with E-state index < -0.39 is 12.1 Å². The quantitative estimate of drug-likeness (QED) is 0.697. The molecule has 6 nitrogen and oxygen atoms in total. The highest BCUT2D eigenvalue weighted by Gasteiger charge is 2.23. The summed E-state index contributed by atoms with van der Waals surface area (Å²) in [6.07, 6.45) is 2.65. The summed E-state index contributed by atoms with van der Waals surface area (Å²) in [5.74, 6) is -0.315. The van der Waals surface area contributed by atoms with E-state index in [1.807, 2.05) is 42.2 Å². The smallest absolute Gasteiger partial charge is 0.242 e. The molecule has 6 heteroatoms. The first-order chi connectivity index (χ1) is 11.6. The summed E-state index contributed by atoms with van der Waals surface area (Å²) < 4.78 is 0. The van der Waals surface area contributed by atoms with Crippen molar-refractivity contribution in [3.8, 4) is 0 Å². The molecule has 1 fully saturated rings. The molecule has 0 unspecified atom stereocenters. The molecule has 0 aliphatic carbocycles. The molecule has 2 rings (SSSR count). The predicted octanol–water partition coefficient (Wildman–Crippen LogP) is 1.05. The largest absolute Gasteiger partial charge is 0.391 e. The second-order valence-electron chi connectivity index (χ2n) is 6.19. The van der Waals surface area contributed by atoms with Gasteiger partial charge in [-0.1, -0.05) is 25.1 Å². The highest BCUT2D eigenvalue weighted by atomic mass is 16.3. The molecule has 1 saturated heterocycles. The molecule has 0 radical (unpaired) electrons. The summed E-state index contributed by atoms with van der Waals surface area (Å²) in [5, 5.41) is 15.6. The first-order valence-electron chi connectivity index (χ1n) is 8.65. The van der Waals surface area contributed by atoms with E-state index in [0.29, 0.717) is 25.9 Å². The van der Waals surface area contributed by atoms with Gasteiger partial charge >= 0.3 is 0 Å².